The molecule has 176 valence electrons. The van der Waals surface area contributed by atoms with Crippen molar-refractivity contribution in [3.8, 4) is 0 Å². The Morgan fingerprint density at radius 3 is 2.12 bits per heavy atom. The topological polar surface area (TPSA) is 103 Å². The summed E-state index contributed by atoms with van der Waals surface area (Å²) in [6.45, 7) is 9.09. The third kappa shape index (κ3) is 7.98. The fraction of sp³-hybridized carbons (Fsp3) is 0.609. The molecule has 32 heavy (non-hydrogen) atoms. The van der Waals surface area contributed by atoms with Crippen LogP contribution in [0.1, 0.15) is 41.6 Å². The van der Waals surface area contributed by atoms with Crippen molar-refractivity contribution in [2.75, 3.05) is 58.9 Å². The van der Waals surface area contributed by atoms with Crippen molar-refractivity contribution < 1.29 is 19.2 Å². The molecule has 0 unspecified atom stereocenters. The van der Waals surface area contributed by atoms with E-state index in [1.165, 1.54) is 0 Å². The molecule has 2 aliphatic heterocycles. The minimum Gasteiger partial charge on any atom is -0.325 e. The highest BCUT2D eigenvalue weighted by Crippen LogP contribution is 2.15. The van der Waals surface area contributed by atoms with Crippen LogP contribution in [0.15, 0.2) is 24.3 Å². The van der Waals surface area contributed by atoms with Gasteiger partial charge in [-0.1, -0.05) is 12.1 Å². The number of hydrogen-bond acceptors (Lipinski definition) is 8. The van der Waals surface area contributed by atoms with Gasteiger partial charge < -0.3 is 25.7 Å². The van der Waals surface area contributed by atoms with Crippen molar-refractivity contribution in [2.24, 2.45) is 0 Å². The van der Waals surface area contributed by atoms with Crippen LogP contribution in [-0.4, -0.2) is 86.6 Å². The number of hydroxylamine groups is 2. The van der Waals surface area contributed by atoms with Crippen molar-refractivity contribution in [3.05, 3.63) is 35.4 Å². The van der Waals surface area contributed by atoms with Gasteiger partial charge in [-0.25, -0.2) is 4.79 Å². The number of amides is 2. The summed E-state index contributed by atoms with van der Waals surface area (Å²) in [5.74, 6) is -1.64. The molecule has 9 nitrogen and oxygen atoms in total. The predicted molar refractivity (Wildman–Crippen MR) is 121 cm³/mol. The molecule has 1 aromatic rings. The molecule has 2 amide bonds. The molecule has 0 bridgehead atoms. The summed E-state index contributed by atoms with van der Waals surface area (Å²) < 4.78 is 0. The maximum atomic E-state index is 12.2. The Bertz CT molecular complexity index is 725. The Kier molecular flexibility index (Phi) is 10.1. The summed E-state index contributed by atoms with van der Waals surface area (Å²) in [5, 5.41) is 11.0. The van der Waals surface area contributed by atoms with Crippen molar-refractivity contribution in [1.29, 1.82) is 0 Å². The zero-order chi connectivity index (χ0) is 22.6. The number of imide groups is 1. The van der Waals surface area contributed by atoms with Crippen LogP contribution < -0.4 is 16.0 Å². The quantitative estimate of drug-likeness (QED) is 0.557. The number of nitrogens with zero attached hydrogens (tertiary/aromatic N) is 2. The number of carbonyl (C=O) groups is 3. The molecule has 2 heterocycles. The van der Waals surface area contributed by atoms with Gasteiger partial charge in [0.15, 0.2) is 0 Å². The van der Waals surface area contributed by atoms with Crippen LogP contribution in [0.4, 0.5) is 0 Å². The summed E-state index contributed by atoms with van der Waals surface area (Å²) in [6.07, 6.45) is 3.30. The number of carbonyl (C=O) groups excluding carboxylic acids is 3. The van der Waals surface area contributed by atoms with Crippen LogP contribution in [-0.2, 0) is 20.8 Å². The van der Waals surface area contributed by atoms with Gasteiger partial charge in [-0.05, 0) is 63.1 Å². The summed E-state index contributed by atoms with van der Waals surface area (Å²) in [6, 6.07) is 7.18. The summed E-state index contributed by atoms with van der Waals surface area (Å²) in [5.41, 5.74) is 1.45. The van der Waals surface area contributed by atoms with E-state index in [0.717, 1.165) is 83.7 Å². The molecule has 0 aromatic heterocycles. The summed E-state index contributed by atoms with van der Waals surface area (Å²) in [7, 11) is 0. The van der Waals surface area contributed by atoms with E-state index in [9.17, 15) is 14.4 Å². The Balaban J connectivity index is 1.46. The van der Waals surface area contributed by atoms with E-state index in [4.69, 9.17) is 4.84 Å². The molecule has 0 aliphatic carbocycles. The second-order valence-electron chi connectivity index (χ2n) is 8.21. The minimum atomic E-state index is -0.691. The minimum absolute atomic E-state index is 0.0876. The number of benzene rings is 1. The Morgan fingerprint density at radius 2 is 1.44 bits per heavy atom. The van der Waals surface area contributed by atoms with E-state index in [2.05, 4.69) is 20.9 Å². The zero-order valence-corrected chi connectivity index (χ0v) is 18.7. The molecular weight excluding hydrogens is 410 g/mol. The van der Waals surface area contributed by atoms with E-state index >= 15 is 0 Å². The summed E-state index contributed by atoms with van der Waals surface area (Å²) >= 11 is 0. The van der Waals surface area contributed by atoms with Gasteiger partial charge in [-0.3, -0.25) is 9.59 Å². The summed E-state index contributed by atoms with van der Waals surface area (Å²) in [4.78, 5) is 42.9. The fourth-order valence-corrected chi connectivity index (χ4v) is 3.78. The van der Waals surface area contributed by atoms with Gasteiger partial charge in [-0.2, -0.15) is 0 Å². The van der Waals surface area contributed by atoms with Crippen LogP contribution in [0.3, 0.4) is 0 Å². The van der Waals surface area contributed by atoms with Crippen LogP contribution in [0.5, 0.6) is 0 Å². The molecule has 0 spiro atoms. The van der Waals surface area contributed by atoms with Crippen LogP contribution in [0.2, 0.25) is 0 Å². The van der Waals surface area contributed by atoms with E-state index < -0.39 is 17.8 Å². The second-order valence-corrected chi connectivity index (χ2v) is 8.21. The first kappa shape index (κ1) is 24.3. The molecular formula is C23H35N5O4. The highest BCUT2D eigenvalue weighted by molar-refractivity contribution is 6.02. The third-order valence-corrected chi connectivity index (χ3v) is 5.70. The van der Waals surface area contributed by atoms with Crippen molar-refractivity contribution in [3.63, 3.8) is 0 Å². The monoisotopic (exact) mass is 445 g/mol. The van der Waals surface area contributed by atoms with E-state index in [1.807, 2.05) is 12.1 Å². The molecule has 0 atom stereocenters. The van der Waals surface area contributed by atoms with E-state index in [1.54, 1.807) is 12.1 Å². The van der Waals surface area contributed by atoms with Crippen molar-refractivity contribution in [2.45, 2.75) is 32.1 Å². The molecule has 3 N–H and O–H groups in total. The normalized spacial score (nSPS) is 20.2. The first-order chi connectivity index (χ1) is 15.6. The van der Waals surface area contributed by atoms with E-state index in [-0.39, 0.29) is 12.8 Å². The molecule has 2 saturated heterocycles. The third-order valence-electron chi connectivity index (χ3n) is 5.70. The van der Waals surface area contributed by atoms with Crippen molar-refractivity contribution >= 4 is 17.8 Å². The lowest BCUT2D eigenvalue weighted by Crippen LogP contribution is -2.37. The zero-order valence-electron chi connectivity index (χ0n) is 18.7. The van der Waals surface area contributed by atoms with Crippen molar-refractivity contribution in [1.82, 2.24) is 25.9 Å². The van der Waals surface area contributed by atoms with Crippen LogP contribution in [0, 0.1) is 0 Å². The lowest BCUT2D eigenvalue weighted by molar-refractivity contribution is -0.172. The maximum absolute atomic E-state index is 12.2. The van der Waals surface area contributed by atoms with Gasteiger partial charge in [-0.15, -0.1) is 5.06 Å². The highest BCUT2D eigenvalue weighted by Gasteiger charge is 2.33. The molecule has 2 fully saturated rings. The van der Waals surface area contributed by atoms with Gasteiger partial charge in [0.1, 0.15) is 0 Å². The standard InChI is InChI=1S/C23H35N5O4/c29-21-7-8-22(30)28(21)32-23(31)20-5-3-19(4-6-20)9-17-27-16-2-12-25-14-13-24-10-1-11-26-15-18-27/h3-6,24-26H,1-2,7-18H2. The Morgan fingerprint density at radius 1 is 0.812 bits per heavy atom. The predicted octanol–water partition coefficient (Wildman–Crippen LogP) is 0.315. The Labute approximate surface area is 189 Å². The second kappa shape index (κ2) is 13.3. The fourth-order valence-electron chi connectivity index (χ4n) is 3.78. The molecule has 0 radical (unpaired) electrons. The Hall–Kier alpha value is -2.33. The average molecular weight is 446 g/mol. The van der Waals surface area contributed by atoms with Gasteiger partial charge in [0.2, 0.25) is 0 Å². The number of hydrogen-bond donors (Lipinski definition) is 3. The molecule has 0 saturated carbocycles. The van der Waals surface area contributed by atoms with E-state index in [0.29, 0.717) is 10.6 Å². The van der Waals surface area contributed by atoms with Crippen LogP contribution in [0.25, 0.3) is 0 Å². The SMILES string of the molecule is O=C(ON1C(=O)CCC1=O)c1ccc(CCN2CCCNCCNCCCNCC2)cc1. The first-order valence-corrected chi connectivity index (χ1v) is 11.6. The maximum Gasteiger partial charge on any atom is 0.363 e. The highest BCUT2D eigenvalue weighted by atomic mass is 16.7. The number of nitrogens with one attached hydrogen (secondary N) is 3. The number of rotatable bonds is 5. The van der Waals surface area contributed by atoms with Gasteiger partial charge in [0.05, 0.1) is 5.56 Å². The van der Waals surface area contributed by atoms with Gasteiger partial charge in [0.25, 0.3) is 11.8 Å². The largest absolute Gasteiger partial charge is 0.363 e. The van der Waals surface area contributed by atoms with Gasteiger partial charge in [0, 0.05) is 45.6 Å². The van der Waals surface area contributed by atoms with Crippen LogP contribution >= 0.6 is 0 Å². The molecule has 1 aromatic carbocycles. The molecule has 9 heteroatoms. The molecule has 3 rings (SSSR count). The molecule has 2 aliphatic rings. The first-order valence-electron chi connectivity index (χ1n) is 11.6. The lowest BCUT2D eigenvalue weighted by Gasteiger charge is -2.23. The van der Waals surface area contributed by atoms with Gasteiger partial charge >= 0.3 is 5.97 Å². The smallest absolute Gasteiger partial charge is 0.325 e. The average Bonchev–Trinajstić information content (AvgIpc) is 3.12. The lowest BCUT2D eigenvalue weighted by atomic mass is 10.1.